The zero-order chi connectivity index (χ0) is 19.2. The molecular weight excluding hydrogens is 368 g/mol. The van der Waals surface area contributed by atoms with Gasteiger partial charge in [-0.05, 0) is 43.5 Å². The van der Waals surface area contributed by atoms with E-state index in [1.807, 2.05) is 13.8 Å². The van der Waals surface area contributed by atoms with Crippen LogP contribution in [0.5, 0.6) is 0 Å². The first-order valence-corrected chi connectivity index (χ1v) is 9.59. The second kappa shape index (κ2) is 9.17. The summed E-state index contributed by atoms with van der Waals surface area (Å²) < 4.78 is 31.5. The fourth-order valence-corrected chi connectivity index (χ4v) is 3.42. The van der Waals surface area contributed by atoms with Crippen molar-refractivity contribution in [3.05, 3.63) is 29.3 Å². The third kappa shape index (κ3) is 6.64. The van der Waals surface area contributed by atoms with E-state index < -0.39 is 34.0 Å². The Balaban J connectivity index is 2.80. The molecule has 0 bridgehead atoms. The maximum absolute atomic E-state index is 12.3. The number of hydrogen-bond acceptors (Lipinski definition) is 5. The van der Waals surface area contributed by atoms with Crippen LogP contribution < -0.4 is 10.0 Å². The van der Waals surface area contributed by atoms with Gasteiger partial charge in [0.25, 0.3) is 0 Å². The number of hydrogen-bond donors (Lipinski definition) is 2. The summed E-state index contributed by atoms with van der Waals surface area (Å²) >= 11 is 5.74. The van der Waals surface area contributed by atoms with Crippen LogP contribution in [0.3, 0.4) is 0 Å². The summed E-state index contributed by atoms with van der Waals surface area (Å²) in [5.41, 5.74) is 0. The van der Waals surface area contributed by atoms with Crippen molar-refractivity contribution in [3.63, 3.8) is 0 Å². The molecule has 0 radical (unpaired) electrons. The lowest BCUT2D eigenvalue weighted by molar-refractivity contribution is -0.145. The SMILES string of the molecule is COC(=O)C(CC(C)C)NC(=O)[C@H](C)NS(=O)(=O)c1ccc(Cl)cc1. The van der Waals surface area contributed by atoms with E-state index in [1.54, 1.807) is 0 Å². The molecule has 1 aromatic carbocycles. The van der Waals surface area contributed by atoms with Gasteiger partial charge in [0, 0.05) is 5.02 Å². The van der Waals surface area contributed by atoms with E-state index in [0.717, 1.165) is 0 Å². The van der Waals surface area contributed by atoms with Crippen LogP contribution in [0, 0.1) is 5.92 Å². The van der Waals surface area contributed by atoms with Crippen molar-refractivity contribution in [2.24, 2.45) is 5.92 Å². The molecular formula is C16H23ClN2O5S. The molecule has 7 nitrogen and oxygen atoms in total. The van der Waals surface area contributed by atoms with Gasteiger partial charge in [-0.3, -0.25) is 4.79 Å². The van der Waals surface area contributed by atoms with Crippen molar-refractivity contribution in [1.82, 2.24) is 10.0 Å². The minimum absolute atomic E-state index is 0.0109. The first-order chi connectivity index (χ1) is 11.6. The Morgan fingerprint density at radius 2 is 1.72 bits per heavy atom. The highest BCUT2D eigenvalue weighted by atomic mass is 35.5. The Morgan fingerprint density at radius 1 is 1.16 bits per heavy atom. The molecule has 25 heavy (non-hydrogen) atoms. The summed E-state index contributed by atoms with van der Waals surface area (Å²) in [5, 5.41) is 2.92. The highest BCUT2D eigenvalue weighted by Crippen LogP contribution is 2.14. The molecule has 1 unspecified atom stereocenters. The summed E-state index contributed by atoms with van der Waals surface area (Å²) in [6.45, 7) is 5.19. The average molecular weight is 391 g/mol. The lowest BCUT2D eigenvalue weighted by Gasteiger charge is -2.21. The van der Waals surface area contributed by atoms with Gasteiger partial charge in [0.15, 0.2) is 0 Å². The smallest absolute Gasteiger partial charge is 0.328 e. The molecule has 0 saturated heterocycles. The van der Waals surface area contributed by atoms with Gasteiger partial charge in [0.05, 0.1) is 18.0 Å². The number of sulfonamides is 1. The van der Waals surface area contributed by atoms with E-state index in [1.165, 1.54) is 38.3 Å². The summed E-state index contributed by atoms with van der Waals surface area (Å²) in [5.74, 6) is -1.05. The normalized spacial score (nSPS) is 14.0. The maximum atomic E-state index is 12.3. The molecule has 1 amide bonds. The molecule has 0 spiro atoms. The van der Waals surface area contributed by atoms with Gasteiger partial charge in [-0.15, -0.1) is 0 Å². The highest BCUT2D eigenvalue weighted by Gasteiger charge is 2.27. The van der Waals surface area contributed by atoms with Crippen LogP contribution in [0.1, 0.15) is 27.2 Å². The zero-order valence-corrected chi connectivity index (χ0v) is 16.1. The summed E-state index contributed by atoms with van der Waals surface area (Å²) in [7, 11) is -2.66. The van der Waals surface area contributed by atoms with Gasteiger partial charge in [0.2, 0.25) is 15.9 Å². The number of rotatable bonds is 8. The van der Waals surface area contributed by atoms with Crippen LogP contribution in [0.25, 0.3) is 0 Å². The quantitative estimate of drug-likeness (QED) is 0.658. The Morgan fingerprint density at radius 3 is 2.20 bits per heavy atom. The molecule has 2 N–H and O–H groups in total. The zero-order valence-electron chi connectivity index (χ0n) is 14.6. The number of amides is 1. The molecule has 0 aliphatic heterocycles. The molecule has 0 aromatic heterocycles. The number of benzene rings is 1. The topological polar surface area (TPSA) is 102 Å². The van der Waals surface area contributed by atoms with Crippen molar-refractivity contribution >= 4 is 33.5 Å². The Bertz CT molecular complexity index is 704. The number of ether oxygens (including phenoxy) is 1. The molecule has 0 aliphatic rings. The van der Waals surface area contributed by atoms with Crippen LogP contribution >= 0.6 is 11.6 Å². The van der Waals surface area contributed by atoms with Gasteiger partial charge in [-0.1, -0.05) is 25.4 Å². The lowest BCUT2D eigenvalue weighted by atomic mass is 10.0. The standard InChI is InChI=1S/C16H23ClN2O5S/c1-10(2)9-14(16(21)24-4)18-15(20)11(3)19-25(22,23)13-7-5-12(17)6-8-13/h5-8,10-11,14,19H,9H2,1-4H3,(H,18,20)/t11-,14?/m0/s1. The maximum Gasteiger partial charge on any atom is 0.328 e. The largest absolute Gasteiger partial charge is 0.467 e. The monoisotopic (exact) mass is 390 g/mol. The van der Waals surface area contributed by atoms with Crippen molar-refractivity contribution in [3.8, 4) is 0 Å². The van der Waals surface area contributed by atoms with Gasteiger partial charge in [-0.25, -0.2) is 13.2 Å². The first-order valence-electron chi connectivity index (χ1n) is 7.73. The second-order valence-electron chi connectivity index (χ2n) is 6.01. The molecule has 1 aromatic rings. The third-order valence-corrected chi connectivity index (χ3v) is 5.17. The van der Waals surface area contributed by atoms with E-state index in [4.69, 9.17) is 11.6 Å². The van der Waals surface area contributed by atoms with Crippen LogP contribution in [0.15, 0.2) is 29.2 Å². The number of halogens is 1. The third-order valence-electron chi connectivity index (χ3n) is 3.36. The molecule has 9 heteroatoms. The number of nitrogens with one attached hydrogen (secondary N) is 2. The minimum atomic E-state index is -3.89. The second-order valence-corrected chi connectivity index (χ2v) is 8.16. The number of esters is 1. The lowest BCUT2D eigenvalue weighted by Crippen LogP contribution is -2.50. The van der Waals surface area contributed by atoms with Crippen molar-refractivity contribution in [2.75, 3.05) is 7.11 Å². The highest BCUT2D eigenvalue weighted by molar-refractivity contribution is 7.89. The molecule has 2 atom stereocenters. The molecule has 140 valence electrons. The van der Waals surface area contributed by atoms with E-state index in [0.29, 0.717) is 11.4 Å². The van der Waals surface area contributed by atoms with Gasteiger partial charge in [-0.2, -0.15) is 4.72 Å². The first kappa shape index (κ1) is 21.4. The fraction of sp³-hybridized carbons (Fsp3) is 0.500. The minimum Gasteiger partial charge on any atom is -0.467 e. The average Bonchev–Trinajstić information content (AvgIpc) is 2.52. The Kier molecular flexibility index (Phi) is 7.85. The molecule has 0 fully saturated rings. The number of carbonyl (C=O) groups excluding carboxylic acids is 2. The summed E-state index contributed by atoms with van der Waals surface area (Å²) in [6, 6.07) is 3.66. The van der Waals surface area contributed by atoms with Gasteiger partial charge in [0.1, 0.15) is 6.04 Å². The van der Waals surface area contributed by atoms with Crippen molar-refractivity contribution in [1.29, 1.82) is 0 Å². The van der Waals surface area contributed by atoms with E-state index in [9.17, 15) is 18.0 Å². The molecule has 0 saturated carbocycles. The molecule has 1 rings (SSSR count). The fourth-order valence-electron chi connectivity index (χ4n) is 2.09. The number of methoxy groups -OCH3 is 1. The van der Waals surface area contributed by atoms with Crippen LogP contribution in [-0.4, -0.2) is 39.5 Å². The van der Waals surface area contributed by atoms with E-state index >= 15 is 0 Å². The summed E-state index contributed by atoms with van der Waals surface area (Å²) in [6.07, 6.45) is 0.384. The summed E-state index contributed by atoms with van der Waals surface area (Å²) in [4.78, 5) is 24.0. The van der Waals surface area contributed by atoms with Crippen molar-refractivity contribution in [2.45, 2.75) is 44.2 Å². The predicted molar refractivity (Wildman–Crippen MR) is 94.6 cm³/mol. The number of carbonyl (C=O) groups is 2. The van der Waals surface area contributed by atoms with Gasteiger partial charge < -0.3 is 10.1 Å². The Hall–Kier alpha value is -1.64. The Labute approximate surface area is 153 Å². The van der Waals surface area contributed by atoms with E-state index in [2.05, 4.69) is 14.8 Å². The van der Waals surface area contributed by atoms with Crippen LogP contribution in [0.4, 0.5) is 0 Å². The van der Waals surface area contributed by atoms with Crippen molar-refractivity contribution < 1.29 is 22.7 Å². The van der Waals surface area contributed by atoms with E-state index in [-0.39, 0.29) is 10.8 Å². The van der Waals surface area contributed by atoms with Crippen LogP contribution in [-0.2, 0) is 24.3 Å². The molecule has 0 heterocycles. The van der Waals surface area contributed by atoms with Crippen LogP contribution in [0.2, 0.25) is 5.02 Å². The predicted octanol–water partition coefficient (Wildman–Crippen LogP) is 1.71. The molecule has 0 aliphatic carbocycles. The van der Waals surface area contributed by atoms with Gasteiger partial charge >= 0.3 is 5.97 Å².